The van der Waals surface area contributed by atoms with E-state index in [-0.39, 0.29) is 24.4 Å². The van der Waals surface area contributed by atoms with E-state index in [0.29, 0.717) is 5.56 Å². The smallest absolute Gasteiger partial charge is 0.259 e. The number of nitrogens with one attached hydrogen (secondary N) is 1. The average Bonchev–Trinajstić information content (AvgIpc) is 2.61. The SMILES string of the molecule is CC(CO)N(C)C(=O)c1cn[nH]c1N. The molecule has 1 heterocycles. The van der Waals surface area contributed by atoms with Gasteiger partial charge in [0.05, 0.1) is 18.8 Å². The lowest BCUT2D eigenvalue weighted by Crippen LogP contribution is -2.37. The number of carbonyl (C=O) groups excluding carboxylic acids is 1. The Morgan fingerprint density at radius 3 is 2.93 bits per heavy atom. The highest BCUT2D eigenvalue weighted by atomic mass is 16.3. The number of aromatic nitrogens is 2. The fourth-order valence-electron chi connectivity index (χ4n) is 0.979. The van der Waals surface area contributed by atoms with Crippen molar-refractivity contribution in [2.24, 2.45) is 0 Å². The molecule has 1 aromatic heterocycles. The summed E-state index contributed by atoms with van der Waals surface area (Å²) in [6.45, 7) is 1.66. The molecule has 0 aliphatic carbocycles. The highest BCUT2D eigenvalue weighted by Crippen LogP contribution is 2.10. The summed E-state index contributed by atoms with van der Waals surface area (Å²) in [5.74, 6) is -0.00945. The highest BCUT2D eigenvalue weighted by Gasteiger charge is 2.19. The number of hydrogen-bond donors (Lipinski definition) is 3. The van der Waals surface area contributed by atoms with Crippen LogP contribution < -0.4 is 5.73 Å². The number of amides is 1. The van der Waals surface area contributed by atoms with Crippen LogP contribution in [-0.4, -0.2) is 45.8 Å². The topological polar surface area (TPSA) is 95.2 Å². The molecule has 0 saturated carbocycles. The summed E-state index contributed by atoms with van der Waals surface area (Å²) in [5.41, 5.74) is 5.82. The Hall–Kier alpha value is -1.56. The van der Waals surface area contributed by atoms with Crippen molar-refractivity contribution in [2.75, 3.05) is 19.4 Å². The van der Waals surface area contributed by atoms with Crippen molar-refractivity contribution in [3.8, 4) is 0 Å². The summed E-state index contributed by atoms with van der Waals surface area (Å²) in [6, 6.07) is -0.239. The molecule has 6 heteroatoms. The molecule has 78 valence electrons. The Kier molecular flexibility index (Phi) is 3.08. The molecule has 0 spiro atoms. The number of nitrogens with zero attached hydrogens (tertiary/aromatic N) is 2. The summed E-state index contributed by atoms with van der Waals surface area (Å²) in [7, 11) is 1.61. The second kappa shape index (κ2) is 4.10. The van der Waals surface area contributed by atoms with Crippen LogP contribution in [0.15, 0.2) is 6.20 Å². The van der Waals surface area contributed by atoms with E-state index in [0.717, 1.165) is 0 Å². The number of aliphatic hydroxyl groups excluding tert-OH is 1. The normalized spacial score (nSPS) is 12.5. The van der Waals surface area contributed by atoms with Crippen LogP contribution in [-0.2, 0) is 0 Å². The van der Waals surface area contributed by atoms with Crippen LogP contribution in [0.1, 0.15) is 17.3 Å². The standard InChI is InChI=1S/C8H14N4O2/c1-5(4-13)12(2)8(14)6-3-10-11-7(6)9/h3,5,13H,4H2,1-2H3,(H3,9,10,11). The van der Waals surface area contributed by atoms with Crippen LogP contribution in [0.3, 0.4) is 0 Å². The molecule has 0 saturated heterocycles. The molecular formula is C8H14N4O2. The molecule has 0 aliphatic heterocycles. The summed E-state index contributed by atoms with van der Waals surface area (Å²) >= 11 is 0. The van der Waals surface area contributed by atoms with Gasteiger partial charge >= 0.3 is 0 Å². The second-order valence-corrected chi connectivity index (χ2v) is 3.15. The quantitative estimate of drug-likeness (QED) is 0.607. The first-order chi connectivity index (χ1) is 6.57. The average molecular weight is 198 g/mol. The number of anilines is 1. The van der Waals surface area contributed by atoms with E-state index in [2.05, 4.69) is 10.2 Å². The summed E-state index contributed by atoms with van der Waals surface area (Å²) in [4.78, 5) is 13.1. The Balaban J connectivity index is 2.81. The van der Waals surface area contributed by atoms with Gasteiger partial charge < -0.3 is 15.7 Å². The van der Waals surface area contributed by atoms with E-state index < -0.39 is 0 Å². The number of aromatic amines is 1. The lowest BCUT2D eigenvalue weighted by Gasteiger charge is -2.22. The zero-order valence-electron chi connectivity index (χ0n) is 8.19. The maximum atomic E-state index is 11.7. The third-order valence-electron chi connectivity index (χ3n) is 2.14. The number of aliphatic hydroxyl groups is 1. The van der Waals surface area contributed by atoms with Gasteiger partial charge in [-0.2, -0.15) is 5.10 Å². The van der Waals surface area contributed by atoms with Gasteiger partial charge in [0, 0.05) is 7.05 Å². The molecule has 0 fully saturated rings. The number of nitrogen functional groups attached to an aromatic ring is 1. The molecule has 0 aliphatic rings. The fourth-order valence-corrected chi connectivity index (χ4v) is 0.979. The Bertz CT molecular complexity index is 323. The first-order valence-corrected chi connectivity index (χ1v) is 4.24. The number of carbonyl (C=O) groups is 1. The van der Waals surface area contributed by atoms with Crippen molar-refractivity contribution in [1.82, 2.24) is 15.1 Å². The van der Waals surface area contributed by atoms with E-state index in [1.165, 1.54) is 11.1 Å². The number of rotatable bonds is 3. The fraction of sp³-hybridized carbons (Fsp3) is 0.500. The van der Waals surface area contributed by atoms with E-state index in [9.17, 15) is 4.79 Å². The van der Waals surface area contributed by atoms with Crippen LogP contribution in [0.25, 0.3) is 0 Å². The molecule has 4 N–H and O–H groups in total. The molecule has 0 radical (unpaired) electrons. The highest BCUT2D eigenvalue weighted by molar-refractivity contribution is 5.98. The van der Waals surface area contributed by atoms with E-state index in [4.69, 9.17) is 10.8 Å². The summed E-state index contributed by atoms with van der Waals surface area (Å²) in [6.07, 6.45) is 1.37. The maximum Gasteiger partial charge on any atom is 0.259 e. The Morgan fingerprint density at radius 2 is 2.50 bits per heavy atom. The zero-order chi connectivity index (χ0) is 10.7. The van der Waals surface area contributed by atoms with Crippen LogP contribution in [0.2, 0.25) is 0 Å². The Labute approximate surface area is 81.7 Å². The number of hydrogen-bond acceptors (Lipinski definition) is 4. The minimum Gasteiger partial charge on any atom is -0.394 e. The molecule has 1 atom stereocenters. The third kappa shape index (κ3) is 1.85. The predicted octanol–water partition coefficient (Wildman–Crippen LogP) is -0.555. The van der Waals surface area contributed by atoms with Gasteiger partial charge in [-0.3, -0.25) is 9.89 Å². The molecule has 1 unspecified atom stereocenters. The van der Waals surface area contributed by atoms with E-state index >= 15 is 0 Å². The number of likely N-dealkylation sites (N-methyl/N-ethyl adjacent to an activating group) is 1. The molecule has 0 aromatic carbocycles. The maximum absolute atomic E-state index is 11.7. The van der Waals surface area contributed by atoms with Crippen molar-refractivity contribution < 1.29 is 9.90 Å². The van der Waals surface area contributed by atoms with Gasteiger partial charge in [-0.15, -0.1) is 0 Å². The molecule has 0 bridgehead atoms. The summed E-state index contributed by atoms with van der Waals surface area (Å²) < 4.78 is 0. The zero-order valence-corrected chi connectivity index (χ0v) is 8.19. The first-order valence-electron chi connectivity index (χ1n) is 4.24. The monoisotopic (exact) mass is 198 g/mol. The van der Waals surface area contributed by atoms with Gasteiger partial charge in [-0.25, -0.2) is 0 Å². The van der Waals surface area contributed by atoms with Gasteiger partial charge in [-0.1, -0.05) is 0 Å². The van der Waals surface area contributed by atoms with Crippen LogP contribution in [0, 0.1) is 0 Å². The van der Waals surface area contributed by atoms with Crippen LogP contribution >= 0.6 is 0 Å². The molecule has 1 rings (SSSR count). The lowest BCUT2D eigenvalue weighted by molar-refractivity contribution is 0.0683. The molecule has 1 aromatic rings. The van der Waals surface area contributed by atoms with Crippen molar-refractivity contribution in [2.45, 2.75) is 13.0 Å². The molecule has 6 nitrogen and oxygen atoms in total. The van der Waals surface area contributed by atoms with E-state index in [1.807, 2.05) is 0 Å². The second-order valence-electron chi connectivity index (χ2n) is 3.15. The van der Waals surface area contributed by atoms with Gasteiger partial charge in [0.2, 0.25) is 0 Å². The largest absolute Gasteiger partial charge is 0.394 e. The van der Waals surface area contributed by atoms with Crippen LogP contribution in [0.4, 0.5) is 5.82 Å². The van der Waals surface area contributed by atoms with Gasteiger partial charge in [0.1, 0.15) is 11.4 Å². The Morgan fingerprint density at radius 1 is 1.86 bits per heavy atom. The minimum absolute atomic E-state index is 0.0833. The molecule has 14 heavy (non-hydrogen) atoms. The summed E-state index contributed by atoms with van der Waals surface area (Å²) in [5, 5.41) is 15.0. The molecule has 1 amide bonds. The van der Waals surface area contributed by atoms with Crippen LogP contribution in [0.5, 0.6) is 0 Å². The lowest BCUT2D eigenvalue weighted by atomic mass is 10.2. The van der Waals surface area contributed by atoms with Crippen molar-refractivity contribution in [1.29, 1.82) is 0 Å². The number of nitrogens with two attached hydrogens (primary N) is 1. The third-order valence-corrected chi connectivity index (χ3v) is 2.14. The van der Waals surface area contributed by atoms with E-state index in [1.54, 1.807) is 14.0 Å². The predicted molar refractivity (Wildman–Crippen MR) is 51.6 cm³/mol. The van der Waals surface area contributed by atoms with Crippen molar-refractivity contribution in [3.05, 3.63) is 11.8 Å². The molecular weight excluding hydrogens is 184 g/mol. The van der Waals surface area contributed by atoms with Gasteiger partial charge in [-0.05, 0) is 6.92 Å². The van der Waals surface area contributed by atoms with Crippen molar-refractivity contribution in [3.63, 3.8) is 0 Å². The minimum atomic E-state index is -0.252. The first kappa shape index (κ1) is 10.5. The number of H-pyrrole nitrogens is 1. The van der Waals surface area contributed by atoms with Gasteiger partial charge in [0.15, 0.2) is 0 Å². The van der Waals surface area contributed by atoms with Crippen molar-refractivity contribution >= 4 is 11.7 Å². The van der Waals surface area contributed by atoms with Gasteiger partial charge in [0.25, 0.3) is 5.91 Å².